The fourth-order valence-corrected chi connectivity index (χ4v) is 1.28. The molecule has 84 valence electrons. The van der Waals surface area contributed by atoms with Gasteiger partial charge < -0.3 is 10.1 Å². The van der Waals surface area contributed by atoms with Gasteiger partial charge in [0.05, 0.1) is 12.3 Å². The normalized spacial score (nSPS) is 12.6. The molecule has 15 heavy (non-hydrogen) atoms. The minimum absolute atomic E-state index is 0.451. The molecule has 1 atom stereocenters. The highest BCUT2D eigenvalue weighted by Gasteiger charge is 2.09. The van der Waals surface area contributed by atoms with Crippen molar-refractivity contribution in [2.75, 3.05) is 11.9 Å². The van der Waals surface area contributed by atoms with Crippen LogP contribution in [0.2, 0.25) is 0 Å². The summed E-state index contributed by atoms with van der Waals surface area (Å²) in [5, 5.41) is 3.47. The molecule has 0 saturated carbocycles. The summed E-state index contributed by atoms with van der Waals surface area (Å²) in [6, 6.07) is 8.53. The summed E-state index contributed by atoms with van der Waals surface area (Å²) < 4.78 is 5.56. The van der Waals surface area contributed by atoms with Gasteiger partial charge in [-0.15, -0.1) is 0 Å². The Bertz CT molecular complexity index is 296. The van der Waals surface area contributed by atoms with Gasteiger partial charge in [-0.3, -0.25) is 0 Å². The maximum atomic E-state index is 5.56. The van der Waals surface area contributed by atoms with Gasteiger partial charge in [0, 0.05) is 6.04 Å². The van der Waals surface area contributed by atoms with E-state index in [0.29, 0.717) is 18.6 Å². The molecule has 0 bridgehead atoms. The highest BCUT2D eigenvalue weighted by Crippen LogP contribution is 2.25. The monoisotopic (exact) mass is 207 g/mol. The van der Waals surface area contributed by atoms with E-state index >= 15 is 0 Å². The minimum atomic E-state index is 0.451. The van der Waals surface area contributed by atoms with Crippen LogP contribution in [-0.2, 0) is 0 Å². The van der Waals surface area contributed by atoms with Gasteiger partial charge in [-0.25, -0.2) is 0 Å². The van der Waals surface area contributed by atoms with Gasteiger partial charge in [0.25, 0.3) is 0 Å². The number of benzene rings is 1. The predicted molar refractivity (Wildman–Crippen MR) is 65.5 cm³/mol. The van der Waals surface area contributed by atoms with Crippen LogP contribution in [0.3, 0.4) is 0 Å². The van der Waals surface area contributed by atoms with Crippen molar-refractivity contribution in [1.29, 1.82) is 0 Å². The Labute approximate surface area is 92.6 Å². The molecule has 1 rings (SSSR count). The summed E-state index contributed by atoms with van der Waals surface area (Å²) in [5.41, 5.74) is 1.08. The second kappa shape index (κ2) is 5.64. The second-order valence-electron chi connectivity index (χ2n) is 4.11. The zero-order valence-corrected chi connectivity index (χ0v) is 10.1. The summed E-state index contributed by atoms with van der Waals surface area (Å²) in [5.74, 6) is 1.55. The van der Waals surface area contributed by atoms with Crippen LogP contribution in [0, 0.1) is 5.92 Å². The summed E-state index contributed by atoms with van der Waals surface area (Å²) in [6.07, 6.45) is 0. The minimum Gasteiger partial charge on any atom is -0.492 e. The first-order chi connectivity index (χ1) is 7.15. The van der Waals surface area contributed by atoms with E-state index in [1.807, 2.05) is 25.1 Å². The standard InChI is InChI=1S/C13H21NO/c1-5-15-13-9-7-6-8-12(13)14-11(4)10(2)3/h6-11,14H,5H2,1-4H3/t11-/m1/s1. The van der Waals surface area contributed by atoms with Crippen molar-refractivity contribution < 1.29 is 4.74 Å². The molecule has 0 aliphatic carbocycles. The van der Waals surface area contributed by atoms with Crippen LogP contribution in [-0.4, -0.2) is 12.6 Å². The van der Waals surface area contributed by atoms with E-state index in [-0.39, 0.29) is 0 Å². The lowest BCUT2D eigenvalue weighted by Crippen LogP contribution is -2.21. The van der Waals surface area contributed by atoms with E-state index in [4.69, 9.17) is 4.74 Å². The zero-order chi connectivity index (χ0) is 11.3. The fourth-order valence-electron chi connectivity index (χ4n) is 1.28. The van der Waals surface area contributed by atoms with Crippen molar-refractivity contribution in [3.63, 3.8) is 0 Å². The lowest BCUT2D eigenvalue weighted by Gasteiger charge is -2.20. The molecule has 0 spiro atoms. The van der Waals surface area contributed by atoms with Gasteiger partial charge in [-0.05, 0) is 31.9 Å². The molecule has 0 unspecified atom stereocenters. The largest absolute Gasteiger partial charge is 0.492 e. The van der Waals surface area contributed by atoms with E-state index in [1.54, 1.807) is 0 Å². The number of rotatable bonds is 5. The molecule has 2 nitrogen and oxygen atoms in total. The van der Waals surface area contributed by atoms with Crippen LogP contribution in [0.15, 0.2) is 24.3 Å². The molecule has 1 N–H and O–H groups in total. The average molecular weight is 207 g/mol. The summed E-state index contributed by atoms with van der Waals surface area (Å²) >= 11 is 0. The Morgan fingerprint density at radius 3 is 2.47 bits per heavy atom. The van der Waals surface area contributed by atoms with Gasteiger partial charge in [-0.2, -0.15) is 0 Å². The highest BCUT2D eigenvalue weighted by atomic mass is 16.5. The van der Waals surface area contributed by atoms with Crippen LogP contribution in [0.4, 0.5) is 5.69 Å². The lowest BCUT2D eigenvalue weighted by atomic mass is 10.1. The number of hydrogen-bond donors (Lipinski definition) is 1. The summed E-state index contributed by atoms with van der Waals surface area (Å²) in [4.78, 5) is 0. The van der Waals surface area contributed by atoms with Gasteiger partial charge in [0.2, 0.25) is 0 Å². The number of anilines is 1. The first-order valence-corrected chi connectivity index (χ1v) is 5.63. The molecular formula is C13H21NO. The number of para-hydroxylation sites is 2. The van der Waals surface area contributed by atoms with Crippen LogP contribution in [0.5, 0.6) is 5.75 Å². The predicted octanol–water partition coefficient (Wildman–Crippen LogP) is 3.54. The number of nitrogens with one attached hydrogen (secondary N) is 1. The van der Waals surface area contributed by atoms with E-state index < -0.39 is 0 Å². The van der Waals surface area contributed by atoms with Gasteiger partial charge in [-0.1, -0.05) is 26.0 Å². The molecule has 0 aliphatic heterocycles. The molecule has 0 fully saturated rings. The molecule has 0 heterocycles. The highest BCUT2D eigenvalue weighted by molar-refractivity contribution is 5.56. The van der Waals surface area contributed by atoms with Crippen LogP contribution in [0.25, 0.3) is 0 Å². The Kier molecular flexibility index (Phi) is 4.47. The molecule has 0 saturated heterocycles. The summed E-state index contributed by atoms with van der Waals surface area (Å²) in [7, 11) is 0. The number of hydrogen-bond acceptors (Lipinski definition) is 2. The van der Waals surface area contributed by atoms with Crippen molar-refractivity contribution in [3.05, 3.63) is 24.3 Å². The third-order valence-corrected chi connectivity index (χ3v) is 2.57. The Morgan fingerprint density at radius 1 is 1.20 bits per heavy atom. The van der Waals surface area contributed by atoms with E-state index in [1.165, 1.54) is 0 Å². The van der Waals surface area contributed by atoms with Crippen molar-refractivity contribution in [1.82, 2.24) is 0 Å². The Morgan fingerprint density at radius 2 is 1.87 bits per heavy atom. The van der Waals surface area contributed by atoms with Gasteiger partial charge in [0.1, 0.15) is 5.75 Å². The molecule has 0 aliphatic rings. The SMILES string of the molecule is CCOc1ccccc1N[C@H](C)C(C)C. The molecule has 1 aromatic rings. The van der Waals surface area contributed by atoms with E-state index in [2.05, 4.69) is 32.2 Å². The van der Waals surface area contributed by atoms with E-state index in [9.17, 15) is 0 Å². The van der Waals surface area contributed by atoms with Crippen LogP contribution < -0.4 is 10.1 Å². The van der Waals surface area contributed by atoms with Crippen LogP contribution in [0.1, 0.15) is 27.7 Å². The maximum absolute atomic E-state index is 5.56. The quantitative estimate of drug-likeness (QED) is 0.797. The first kappa shape index (κ1) is 11.9. The fraction of sp³-hybridized carbons (Fsp3) is 0.538. The second-order valence-corrected chi connectivity index (χ2v) is 4.11. The Balaban J connectivity index is 2.74. The van der Waals surface area contributed by atoms with Crippen molar-refractivity contribution >= 4 is 5.69 Å². The lowest BCUT2D eigenvalue weighted by molar-refractivity contribution is 0.341. The first-order valence-electron chi connectivity index (χ1n) is 5.63. The molecular weight excluding hydrogens is 186 g/mol. The molecule has 0 radical (unpaired) electrons. The summed E-state index contributed by atoms with van der Waals surface area (Å²) in [6.45, 7) is 9.31. The van der Waals surface area contributed by atoms with Gasteiger partial charge >= 0.3 is 0 Å². The third kappa shape index (κ3) is 3.46. The van der Waals surface area contributed by atoms with Crippen LogP contribution >= 0.6 is 0 Å². The smallest absolute Gasteiger partial charge is 0.142 e. The maximum Gasteiger partial charge on any atom is 0.142 e. The van der Waals surface area contributed by atoms with Crippen molar-refractivity contribution in [3.8, 4) is 5.75 Å². The molecule has 0 aromatic heterocycles. The molecule has 0 amide bonds. The van der Waals surface area contributed by atoms with Crippen molar-refractivity contribution in [2.24, 2.45) is 5.92 Å². The average Bonchev–Trinajstić information content (AvgIpc) is 2.21. The Hall–Kier alpha value is -1.18. The topological polar surface area (TPSA) is 21.3 Å². The zero-order valence-electron chi connectivity index (χ0n) is 10.1. The van der Waals surface area contributed by atoms with Crippen molar-refractivity contribution in [2.45, 2.75) is 33.7 Å². The molecule has 1 aromatic carbocycles. The van der Waals surface area contributed by atoms with E-state index in [0.717, 1.165) is 11.4 Å². The number of ether oxygens (including phenoxy) is 1. The molecule has 2 heteroatoms. The third-order valence-electron chi connectivity index (χ3n) is 2.57. The van der Waals surface area contributed by atoms with Gasteiger partial charge in [0.15, 0.2) is 0 Å².